The van der Waals surface area contributed by atoms with Gasteiger partial charge in [-0.1, -0.05) is 58.7 Å². The van der Waals surface area contributed by atoms with Gasteiger partial charge in [-0.05, 0) is 35.9 Å². The Bertz CT molecular complexity index is 986. The Balaban J connectivity index is 1.75. The summed E-state index contributed by atoms with van der Waals surface area (Å²) >= 11 is 19.3. The second-order valence-electron chi connectivity index (χ2n) is 5.34. The predicted octanol–water partition coefficient (Wildman–Crippen LogP) is 6.12. The van der Waals surface area contributed by atoms with Crippen molar-refractivity contribution < 1.29 is 9.18 Å². The second kappa shape index (κ2) is 8.89. The van der Waals surface area contributed by atoms with E-state index in [1.165, 1.54) is 36.2 Å². The SMILES string of the molecule is O=C(Nc1cc(Cl)ccc1Cl)c1nc(SCc2ccc(F)cc2)ncc1Cl. The molecule has 0 bridgehead atoms. The maximum Gasteiger partial charge on any atom is 0.276 e. The molecule has 0 fully saturated rings. The topological polar surface area (TPSA) is 54.9 Å². The van der Waals surface area contributed by atoms with Crippen LogP contribution in [0, 0.1) is 5.82 Å². The number of aromatic nitrogens is 2. The fraction of sp³-hybridized carbons (Fsp3) is 0.0556. The maximum atomic E-state index is 13.0. The smallest absolute Gasteiger partial charge is 0.276 e. The van der Waals surface area contributed by atoms with Gasteiger partial charge in [0, 0.05) is 10.8 Å². The van der Waals surface area contributed by atoms with Gasteiger partial charge in [0.25, 0.3) is 5.91 Å². The number of thioether (sulfide) groups is 1. The van der Waals surface area contributed by atoms with Gasteiger partial charge in [-0.2, -0.15) is 0 Å². The van der Waals surface area contributed by atoms with Gasteiger partial charge in [-0.15, -0.1) is 0 Å². The van der Waals surface area contributed by atoms with E-state index in [9.17, 15) is 9.18 Å². The van der Waals surface area contributed by atoms with E-state index in [2.05, 4.69) is 15.3 Å². The average molecular weight is 443 g/mol. The molecule has 0 aliphatic carbocycles. The molecular weight excluding hydrogens is 432 g/mol. The maximum absolute atomic E-state index is 13.0. The van der Waals surface area contributed by atoms with E-state index in [-0.39, 0.29) is 16.5 Å². The molecule has 1 aromatic heterocycles. The van der Waals surface area contributed by atoms with Crippen LogP contribution in [0.25, 0.3) is 0 Å². The Morgan fingerprint density at radius 2 is 1.81 bits per heavy atom. The summed E-state index contributed by atoms with van der Waals surface area (Å²) in [5.74, 6) is -0.316. The van der Waals surface area contributed by atoms with Gasteiger partial charge in [0.1, 0.15) is 5.82 Å². The van der Waals surface area contributed by atoms with Crippen LogP contribution in [0.1, 0.15) is 16.1 Å². The number of hydrogen-bond acceptors (Lipinski definition) is 4. The van der Waals surface area contributed by atoms with E-state index in [0.29, 0.717) is 26.6 Å². The largest absolute Gasteiger partial charge is 0.319 e. The molecule has 0 saturated heterocycles. The van der Waals surface area contributed by atoms with Crippen molar-refractivity contribution in [2.75, 3.05) is 5.32 Å². The monoisotopic (exact) mass is 441 g/mol. The minimum Gasteiger partial charge on any atom is -0.319 e. The molecule has 3 rings (SSSR count). The van der Waals surface area contributed by atoms with E-state index in [1.54, 1.807) is 24.3 Å². The van der Waals surface area contributed by atoms with Gasteiger partial charge in [-0.3, -0.25) is 4.79 Å². The van der Waals surface area contributed by atoms with Crippen molar-refractivity contribution in [1.29, 1.82) is 0 Å². The standard InChI is InChI=1S/C18H11Cl3FN3OS/c19-11-3-6-13(20)15(7-11)24-17(26)16-14(21)8-23-18(25-16)27-9-10-1-4-12(22)5-2-10/h1-8H,9H2,(H,24,26). The van der Waals surface area contributed by atoms with Crippen LogP contribution < -0.4 is 5.32 Å². The van der Waals surface area contributed by atoms with Crippen molar-refractivity contribution in [3.8, 4) is 0 Å². The first-order valence-electron chi connectivity index (χ1n) is 7.58. The normalized spacial score (nSPS) is 10.7. The number of anilines is 1. The molecule has 0 unspecified atom stereocenters. The molecule has 3 aromatic rings. The summed E-state index contributed by atoms with van der Waals surface area (Å²) in [7, 11) is 0. The van der Waals surface area contributed by atoms with Crippen LogP contribution >= 0.6 is 46.6 Å². The second-order valence-corrected chi connectivity index (χ2v) is 7.54. The Labute approximate surface area is 174 Å². The van der Waals surface area contributed by atoms with Crippen LogP contribution in [0.2, 0.25) is 15.1 Å². The third-order valence-electron chi connectivity index (χ3n) is 3.39. The van der Waals surface area contributed by atoms with E-state index in [1.807, 2.05) is 0 Å². The Hall–Kier alpha value is -1.86. The molecule has 138 valence electrons. The third kappa shape index (κ3) is 5.32. The van der Waals surface area contributed by atoms with Crippen LogP contribution in [-0.4, -0.2) is 15.9 Å². The number of carbonyl (C=O) groups excluding carboxylic acids is 1. The summed E-state index contributed by atoms with van der Waals surface area (Å²) in [5.41, 5.74) is 1.27. The summed E-state index contributed by atoms with van der Waals surface area (Å²) in [6.45, 7) is 0. The van der Waals surface area contributed by atoms with Crippen LogP contribution in [0.4, 0.5) is 10.1 Å². The van der Waals surface area contributed by atoms with E-state index in [4.69, 9.17) is 34.8 Å². The van der Waals surface area contributed by atoms with E-state index in [0.717, 1.165) is 5.56 Å². The lowest BCUT2D eigenvalue weighted by Gasteiger charge is -2.09. The van der Waals surface area contributed by atoms with Crippen molar-refractivity contribution in [2.24, 2.45) is 0 Å². The number of nitrogens with one attached hydrogen (secondary N) is 1. The lowest BCUT2D eigenvalue weighted by Crippen LogP contribution is -2.15. The highest BCUT2D eigenvalue weighted by Crippen LogP contribution is 2.27. The number of amides is 1. The van der Waals surface area contributed by atoms with Crippen molar-refractivity contribution in [3.63, 3.8) is 0 Å². The quantitative estimate of drug-likeness (QED) is 0.382. The van der Waals surface area contributed by atoms with Gasteiger partial charge < -0.3 is 5.32 Å². The summed E-state index contributed by atoms with van der Waals surface area (Å²) in [6.07, 6.45) is 1.36. The number of benzene rings is 2. The number of carbonyl (C=O) groups is 1. The van der Waals surface area contributed by atoms with Crippen LogP contribution in [-0.2, 0) is 5.75 Å². The molecule has 0 aliphatic heterocycles. The van der Waals surface area contributed by atoms with Gasteiger partial charge in [0.2, 0.25) is 0 Å². The zero-order valence-electron chi connectivity index (χ0n) is 13.5. The van der Waals surface area contributed by atoms with E-state index < -0.39 is 5.91 Å². The number of nitrogens with zero attached hydrogens (tertiary/aromatic N) is 2. The molecule has 0 spiro atoms. The molecule has 27 heavy (non-hydrogen) atoms. The molecule has 9 heteroatoms. The Morgan fingerprint density at radius 1 is 1.07 bits per heavy atom. The number of hydrogen-bond donors (Lipinski definition) is 1. The molecule has 0 atom stereocenters. The minimum atomic E-state index is -0.532. The highest BCUT2D eigenvalue weighted by atomic mass is 35.5. The van der Waals surface area contributed by atoms with Crippen molar-refractivity contribution in [1.82, 2.24) is 9.97 Å². The Morgan fingerprint density at radius 3 is 2.56 bits per heavy atom. The molecule has 0 aliphatic rings. The van der Waals surface area contributed by atoms with Crippen LogP contribution in [0.3, 0.4) is 0 Å². The molecule has 0 radical (unpaired) electrons. The highest BCUT2D eigenvalue weighted by molar-refractivity contribution is 7.98. The van der Waals surface area contributed by atoms with Gasteiger partial charge in [0.15, 0.2) is 10.9 Å². The summed E-state index contributed by atoms with van der Waals surface area (Å²) in [6, 6.07) is 10.8. The van der Waals surface area contributed by atoms with Crippen molar-refractivity contribution >= 4 is 58.2 Å². The van der Waals surface area contributed by atoms with Crippen LogP contribution in [0.15, 0.2) is 53.8 Å². The summed E-state index contributed by atoms with van der Waals surface area (Å²) in [5, 5.41) is 3.88. The first-order valence-corrected chi connectivity index (χ1v) is 9.70. The lowest BCUT2D eigenvalue weighted by molar-refractivity contribution is 0.102. The zero-order chi connectivity index (χ0) is 19.4. The van der Waals surface area contributed by atoms with Crippen molar-refractivity contribution in [3.05, 3.63) is 80.8 Å². The molecule has 1 amide bonds. The molecule has 1 heterocycles. The average Bonchev–Trinajstić information content (AvgIpc) is 2.65. The molecule has 1 N–H and O–H groups in total. The fourth-order valence-corrected chi connectivity index (χ4v) is 3.37. The predicted molar refractivity (Wildman–Crippen MR) is 107 cm³/mol. The third-order valence-corrected chi connectivity index (χ3v) is 5.17. The molecular formula is C18H11Cl3FN3OS. The summed E-state index contributed by atoms with van der Waals surface area (Å²) in [4.78, 5) is 20.8. The van der Waals surface area contributed by atoms with Crippen molar-refractivity contribution in [2.45, 2.75) is 10.9 Å². The van der Waals surface area contributed by atoms with Crippen LogP contribution in [0.5, 0.6) is 0 Å². The fourth-order valence-electron chi connectivity index (χ4n) is 2.08. The Kier molecular flexibility index (Phi) is 6.55. The minimum absolute atomic E-state index is 0.0179. The molecule has 4 nitrogen and oxygen atoms in total. The van der Waals surface area contributed by atoms with Gasteiger partial charge in [-0.25, -0.2) is 14.4 Å². The first-order chi connectivity index (χ1) is 12.9. The van der Waals surface area contributed by atoms with Gasteiger partial charge in [0.05, 0.1) is 21.9 Å². The number of halogens is 4. The molecule has 2 aromatic carbocycles. The lowest BCUT2D eigenvalue weighted by atomic mass is 10.2. The summed E-state index contributed by atoms with van der Waals surface area (Å²) < 4.78 is 13.0. The first kappa shape index (κ1) is 19.9. The highest BCUT2D eigenvalue weighted by Gasteiger charge is 2.16. The number of rotatable bonds is 5. The van der Waals surface area contributed by atoms with E-state index >= 15 is 0 Å². The zero-order valence-corrected chi connectivity index (χ0v) is 16.6. The van der Waals surface area contributed by atoms with Gasteiger partial charge >= 0.3 is 0 Å². The molecule has 0 saturated carbocycles.